The van der Waals surface area contributed by atoms with Gasteiger partial charge in [-0.15, -0.1) is 0 Å². The van der Waals surface area contributed by atoms with Crippen LogP contribution in [-0.4, -0.2) is 24.4 Å². The minimum atomic E-state index is -0.710. The third-order valence-electron chi connectivity index (χ3n) is 5.97. The van der Waals surface area contributed by atoms with Crippen molar-refractivity contribution in [1.82, 2.24) is 0 Å². The third kappa shape index (κ3) is 4.09. The van der Waals surface area contributed by atoms with Gasteiger partial charge in [0.25, 0.3) is 5.91 Å². The van der Waals surface area contributed by atoms with Crippen LogP contribution >= 0.6 is 0 Å². The van der Waals surface area contributed by atoms with Gasteiger partial charge in [0.1, 0.15) is 12.6 Å². The van der Waals surface area contributed by atoms with Gasteiger partial charge in [0.15, 0.2) is 0 Å². The number of anilines is 2. The van der Waals surface area contributed by atoms with E-state index < -0.39 is 6.04 Å². The molecule has 0 aromatic heterocycles. The molecule has 0 unspecified atom stereocenters. The lowest BCUT2D eigenvalue weighted by molar-refractivity contribution is -0.127. The lowest BCUT2D eigenvalue weighted by Crippen LogP contribution is -2.61. The Morgan fingerprint density at radius 1 is 0.844 bits per heavy atom. The summed E-state index contributed by atoms with van der Waals surface area (Å²) >= 11 is 0. The number of rotatable bonds is 4. The number of para-hydroxylation sites is 1. The Bertz CT molecular complexity index is 1160. The smallest absolute Gasteiger partial charge is 0.254 e. The molecule has 4 heteroatoms. The molecule has 3 aromatic carbocycles. The van der Waals surface area contributed by atoms with E-state index >= 15 is 0 Å². The van der Waals surface area contributed by atoms with Gasteiger partial charge in [-0.3, -0.25) is 14.5 Å². The second-order valence-corrected chi connectivity index (χ2v) is 8.47. The van der Waals surface area contributed by atoms with Crippen molar-refractivity contribution in [2.75, 3.05) is 16.3 Å². The Kier molecular flexibility index (Phi) is 5.95. The number of amides is 2. The minimum Gasteiger partial charge on any atom is -0.300 e. The van der Waals surface area contributed by atoms with Gasteiger partial charge >= 0.3 is 0 Å². The van der Waals surface area contributed by atoms with Crippen LogP contribution in [0.15, 0.2) is 78.4 Å². The maximum absolute atomic E-state index is 13.9. The summed E-state index contributed by atoms with van der Waals surface area (Å²) in [4.78, 5) is 30.8. The molecule has 1 aliphatic heterocycles. The normalized spacial score (nSPS) is 17.1. The summed E-state index contributed by atoms with van der Waals surface area (Å²) in [6.07, 6.45) is 1.99. The number of hydrogen-bond donors (Lipinski definition) is 0. The van der Waals surface area contributed by atoms with Gasteiger partial charge in [-0.25, -0.2) is 0 Å². The largest absolute Gasteiger partial charge is 0.300 e. The van der Waals surface area contributed by atoms with E-state index in [0.29, 0.717) is 0 Å². The summed E-state index contributed by atoms with van der Waals surface area (Å²) in [5.41, 5.74) is 6.46. The predicted octanol–water partition coefficient (Wildman–Crippen LogP) is 5.46. The lowest BCUT2D eigenvalue weighted by atomic mass is 9.97. The fourth-order valence-electron chi connectivity index (χ4n) is 4.40. The van der Waals surface area contributed by atoms with Crippen molar-refractivity contribution in [2.24, 2.45) is 0 Å². The van der Waals surface area contributed by atoms with Crippen molar-refractivity contribution in [2.45, 2.75) is 33.7 Å². The van der Waals surface area contributed by atoms with Crippen LogP contribution in [0.2, 0.25) is 0 Å². The van der Waals surface area contributed by atoms with Crippen LogP contribution in [0.5, 0.6) is 0 Å². The summed E-state index contributed by atoms with van der Waals surface area (Å²) in [6.45, 7) is 7.92. The number of benzene rings is 3. The summed E-state index contributed by atoms with van der Waals surface area (Å²) in [5, 5.41) is 0. The monoisotopic (exact) mass is 424 g/mol. The van der Waals surface area contributed by atoms with Gasteiger partial charge in [-0.2, -0.15) is 0 Å². The van der Waals surface area contributed by atoms with Crippen molar-refractivity contribution >= 4 is 29.3 Å². The number of carbonyl (C=O) groups is 2. The average molecular weight is 425 g/mol. The summed E-state index contributed by atoms with van der Waals surface area (Å²) in [7, 11) is 0. The highest BCUT2D eigenvalue weighted by Crippen LogP contribution is 2.33. The fraction of sp³-hybridized carbons (Fsp3) is 0.214. The van der Waals surface area contributed by atoms with E-state index in [0.717, 1.165) is 39.2 Å². The first kappa shape index (κ1) is 21.6. The molecule has 0 radical (unpaired) electrons. The zero-order valence-electron chi connectivity index (χ0n) is 19.0. The molecule has 1 atom stereocenters. The standard InChI is InChI=1S/C28H28N2O2/c1-19-13-15-24(16-14-19)30-25(31)18-29(26-20(2)9-8-10-21(26)3)28(32)27(30)22(4)17-23-11-6-5-7-12-23/h5-17,27H,18H2,1-4H3/t27-/m1/s1. The van der Waals surface area contributed by atoms with Crippen molar-refractivity contribution in [3.05, 3.63) is 101 Å². The van der Waals surface area contributed by atoms with E-state index in [1.165, 1.54) is 0 Å². The first-order chi connectivity index (χ1) is 15.4. The molecule has 4 nitrogen and oxygen atoms in total. The molecule has 0 bridgehead atoms. The zero-order chi connectivity index (χ0) is 22.8. The topological polar surface area (TPSA) is 40.6 Å². The maximum Gasteiger partial charge on any atom is 0.254 e. The van der Waals surface area contributed by atoms with E-state index in [-0.39, 0.29) is 18.4 Å². The van der Waals surface area contributed by atoms with E-state index in [1.54, 1.807) is 9.80 Å². The fourth-order valence-corrected chi connectivity index (χ4v) is 4.40. The van der Waals surface area contributed by atoms with Crippen LogP contribution in [0.25, 0.3) is 6.08 Å². The van der Waals surface area contributed by atoms with Gasteiger partial charge in [-0.05, 0) is 62.1 Å². The molecular formula is C28H28N2O2. The minimum absolute atomic E-state index is 0.0213. The quantitative estimate of drug-likeness (QED) is 0.558. The molecule has 1 fully saturated rings. The van der Waals surface area contributed by atoms with Crippen LogP contribution in [0.1, 0.15) is 29.2 Å². The number of carbonyl (C=O) groups excluding carboxylic acids is 2. The Hall–Kier alpha value is -3.66. The van der Waals surface area contributed by atoms with Gasteiger partial charge in [-0.1, -0.05) is 72.3 Å². The summed E-state index contributed by atoms with van der Waals surface area (Å²) < 4.78 is 0. The molecule has 1 heterocycles. The molecule has 0 N–H and O–H groups in total. The third-order valence-corrected chi connectivity index (χ3v) is 5.97. The van der Waals surface area contributed by atoms with Crippen molar-refractivity contribution in [3.63, 3.8) is 0 Å². The second kappa shape index (κ2) is 8.83. The van der Waals surface area contributed by atoms with E-state index in [9.17, 15) is 9.59 Å². The average Bonchev–Trinajstić information content (AvgIpc) is 2.77. The molecule has 3 aromatic rings. The molecule has 0 saturated carbocycles. The number of aryl methyl sites for hydroxylation is 3. The molecule has 2 amide bonds. The maximum atomic E-state index is 13.9. The molecule has 0 spiro atoms. The Labute approximate surface area is 189 Å². The van der Waals surface area contributed by atoms with E-state index in [4.69, 9.17) is 0 Å². The van der Waals surface area contributed by atoms with Gasteiger partial charge in [0.2, 0.25) is 5.91 Å². The molecule has 0 aliphatic carbocycles. The predicted molar refractivity (Wildman–Crippen MR) is 131 cm³/mol. The van der Waals surface area contributed by atoms with E-state index in [1.807, 2.05) is 107 Å². The highest BCUT2D eigenvalue weighted by Gasteiger charge is 2.42. The first-order valence-corrected chi connectivity index (χ1v) is 10.9. The highest BCUT2D eigenvalue weighted by molar-refractivity contribution is 6.16. The summed E-state index contributed by atoms with van der Waals surface area (Å²) in [5.74, 6) is -0.186. The van der Waals surface area contributed by atoms with Gasteiger partial charge < -0.3 is 4.90 Å². The SMILES string of the molecule is CC(=Cc1ccccc1)[C@@H]1C(=O)N(c2c(C)cccc2C)CC(=O)N1c1ccc(C)cc1. The zero-order valence-corrected chi connectivity index (χ0v) is 19.0. The van der Waals surface area contributed by atoms with Crippen LogP contribution in [0.3, 0.4) is 0 Å². The Balaban J connectivity index is 1.83. The van der Waals surface area contributed by atoms with Crippen LogP contribution in [0, 0.1) is 20.8 Å². The molecule has 1 aliphatic rings. The van der Waals surface area contributed by atoms with Crippen LogP contribution in [0.4, 0.5) is 11.4 Å². The van der Waals surface area contributed by atoms with Crippen LogP contribution in [-0.2, 0) is 9.59 Å². The van der Waals surface area contributed by atoms with Crippen molar-refractivity contribution < 1.29 is 9.59 Å². The Morgan fingerprint density at radius 3 is 2.09 bits per heavy atom. The van der Waals surface area contributed by atoms with E-state index in [2.05, 4.69) is 0 Å². The van der Waals surface area contributed by atoms with Crippen LogP contribution < -0.4 is 9.80 Å². The van der Waals surface area contributed by atoms with Crippen molar-refractivity contribution in [3.8, 4) is 0 Å². The molecule has 1 saturated heterocycles. The Morgan fingerprint density at radius 2 is 1.47 bits per heavy atom. The highest BCUT2D eigenvalue weighted by atomic mass is 16.2. The molecule has 4 rings (SSSR count). The second-order valence-electron chi connectivity index (χ2n) is 8.47. The van der Waals surface area contributed by atoms with Gasteiger partial charge in [0.05, 0.1) is 5.69 Å². The number of hydrogen-bond acceptors (Lipinski definition) is 2. The summed E-state index contributed by atoms with van der Waals surface area (Å²) in [6, 6.07) is 22.9. The van der Waals surface area contributed by atoms with Crippen molar-refractivity contribution in [1.29, 1.82) is 0 Å². The molecule has 32 heavy (non-hydrogen) atoms. The first-order valence-electron chi connectivity index (χ1n) is 10.9. The number of piperazine rings is 1. The molecular weight excluding hydrogens is 396 g/mol. The van der Waals surface area contributed by atoms with Gasteiger partial charge in [0, 0.05) is 5.69 Å². The lowest BCUT2D eigenvalue weighted by Gasteiger charge is -2.41. The molecule has 162 valence electrons. The number of nitrogens with zero attached hydrogens (tertiary/aromatic N) is 2.